The van der Waals surface area contributed by atoms with Gasteiger partial charge in [-0.1, -0.05) is 13.8 Å². The first kappa shape index (κ1) is 15.3. The largest absolute Gasteiger partial charge is 0.368 e. The van der Waals surface area contributed by atoms with Crippen LogP contribution >= 0.6 is 0 Å². The third-order valence-corrected chi connectivity index (χ3v) is 3.81. The van der Waals surface area contributed by atoms with E-state index in [1.165, 1.54) is 0 Å². The van der Waals surface area contributed by atoms with Crippen molar-refractivity contribution in [1.82, 2.24) is 14.7 Å². The minimum Gasteiger partial charge on any atom is -0.368 e. The van der Waals surface area contributed by atoms with Gasteiger partial charge < -0.3 is 11.1 Å². The molecule has 1 rings (SSSR count). The number of aromatic nitrogens is 2. The van der Waals surface area contributed by atoms with Crippen LogP contribution in [0.5, 0.6) is 0 Å². The van der Waals surface area contributed by atoms with Gasteiger partial charge in [-0.05, 0) is 5.92 Å². The molecule has 0 aliphatic heterocycles. The number of amides is 1. The number of carbonyl (C=O) groups excluding carboxylic acids is 1. The number of hydrogen-bond acceptors (Lipinski definition) is 6. The Kier molecular flexibility index (Phi) is 4.78. The number of nitrogens with one attached hydrogen (secondary N) is 2. The monoisotopic (exact) mass is 287 g/mol. The highest BCUT2D eigenvalue weighted by atomic mass is 32.2. The van der Waals surface area contributed by atoms with E-state index in [0.717, 1.165) is 12.4 Å². The lowest BCUT2D eigenvalue weighted by Crippen LogP contribution is -2.47. The predicted octanol–water partition coefficient (Wildman–Crippen LogP) is -0.694. The number of nitrogens with zero attached hydrogens (tertiary/aromatic N) is 2. The van der Waals surface area contributed by atoms with Crippen LogP contribution in [0.1, 0.15) is 13.8 Å². The zero-order chi connectivity index (χ0) is 14.6. The topological polar surface area (TPSA) is 127 Å². The van der Waals surface area contributed by atoms with Crippen LogP contribution < -0.4 is 15.8 Å². The molecule has 0 fully saturated rings. The molecule has 0 saturated carbocycles. The van der Waals surface area contributed by atoms with E-state index >= 15 is 0 Å². The van der Waals surface area contributed by atoms with Crippen LogP contribution in [0.15, 0.2) is 17.3 Å². The molecule has 1 heterocycles. The van der Waals surface area contributed by atoms with Crippen molar-refractivity contribution in [2.24, 2.45) is 11.7 Å². The van der Waals surface area contributed by atoms with Gasteiger partial charge in [0.15, 0.2) is 0 Å². The van der Waals surface area contributed by atoms with Crippen molar-refractivity contribution in [3.8, 4) is 0 Å². The van der Waals surface area contributed by atoms with Crippen molar-refractivity contribution in [3.05, 3.63) is 12.4 Å². The quantitative estimate of drug-likeness (QED) is 0.635. The van der Waals surface area contributed by atoms with Gasteiger partial charge in [-0.3, -0.25) is 4.79 Å². The number of primary amides is 1. The molecule has 0 aliphatic carbocycles. The molecule has 19 heavy (non-hydrogen) atoms. The normalized spacial score (nSPS) is 13.3. The fourth-order valence-electron chi connectivity index (χ4n) is 1.34. The summed E-state index contributed by atoms with van der Waals surface area (Å²) in [5, 5.41) is 2.67. The van der Waals surface area contributed by atoms with Gasteiger partial charge in [0, 0.05) is 7.05 Å². The zero-order valence-electron chi connectivity index (χ0n) is 10.9. The number of hydrogen-bond donors (Lipinski definition) is 3. The fraction of sp³-hybridized carbons (Fsp3) is 0.500. The number of carbonyl (C=O) groups is 1. The van der Waals surface area contributed by atoms with Crippen molar-refractivity contribution < 1.29 is 13.2 Å². The summed E-state index contributed by atoms with van der Waals surface area (Å²) in [4.78, 5) is 18.7. The summed E-state index contributed by atoms with van der Waals surface area (Å²) in [6, 6.07) is -0.978. The zero-order valence-corrected chi connectivity index (χ0v) is 11.7. The van der Waals surface area contributed by atoms with E-state index in [1.807, 2.05) is 0 Å². The van der Waals surface area contributed by atoms with Crippen molar-refractivity contribution in [1.29, 1.82) is 0 Å². The van der Waals surface area contributed by atoms with Gasteiger partial charge in [0.05, 0.1) is 12.4 Å². The molecule has 106 valence electrons. The second kappa shape index (κ2) is 5.93. The van der Waals surface area contributed by atoms with Gasteiger partial charge in [-0.25, -0.2) is 18.4 Å². The molecule has 1 amide bonds. The Hall–Kier alpha value is -1.74. The first-order valence-corrected chi connectivity index (χ1v) is 7.07. The molecule has 1 unspecified atom stereocenters. The van der Waals surface area contributed by atoms with Crippen LogP contribution in [0.4, 0.5) is 5.95 Å². The molecule has 9 heteroatoms. The maximum atomic E-state index is 12.0. The average Bonchev–Trinajstić information content (AvgIpc) is 2.35. The molecule has 1 aromatic rings. The fourth-order valence-corrected chi connectivity index (χ4v) is 2.58. The van der Waals surface area contributed by atoms with E-state index in [1.54, 1.807) is 20.9 Å². The average molecular weight is 287 g/mol. The Morgan fingerprint density at radius 3 is 2.21 bits per heavy atom. The third kappa shape index (κ3) is 3.86. The van der Waals surface area contributed by atoms with E-state index in [4.69, 9.17) is 5.73 Å². The predicted molar refractivity (Wildman–Crippen MR) is 69.7 cm³/mol. The molecule has 0 spiro atoms. The molecular weight excluding hydrogens is 270 g/mol. The Balaban J connectivity index is 2.99. The molecule has 4 N–H and O–H groups in total. The standard InChI is InChI=1S/C10H17N5O3S/c1-6(2)8(9(11)16)15-19(17,18)7-4-13-10(12-3)14-5-7/h4-6,8,15H,1-3H3,(H2,11,16)(H,12,13,14). The van der Waals surface area contributed by atoms with Gasteiger partial charge in [0.2, 0.25) is 21.9 Å². The molecule has 0 saturated heterocycles. The van der Waals surface area contributed by atoms with Gasteiger partial charge in [-0.15, -0.1) is 0 Å². The van der Waals surface area contributed by atoms with E-state index < -0.39 is 22.0 Å². The molecule has 1 aromatic heterocycles. The maximum absolute atomic E-state index is 12.0. The summed E-state index contributed by atoms with van der Waals surface area (Å²) < 4.78 is 26.3. The van der Waals surface area contributed by atoms with E-state index in [9.17, 15) is 13.2 Å². The highest BCUT2D eigenvalue weighted by molar-refractivity contribution is 7.89. The lowest BCUT2D eigenvalue weighted by molar-refractivity contribution is -0.120. The van der Waals surface area contributed by atoms with Gasteiger partial charge in [-0.2, -0.15) is 4.72 Å². The molecule has 1 atom stereocenters. The number of sulfonamides is 1. The molecule has 0 bridgehead atoms. The summed E-state index contributed by atoms with van der Waals surface area (Å²) >= 11 is 0. The number of nitrogens with two attached hydrogens (primary N) is 1. The third-order valence-electron chi connectivity index (χ3n) is 2.42. The molecule has 0 aliphatic rings. The van der Waals surface area contributed by atoms with E-state index in [0.29, 0.717) is 5.95 Å². The lowest BCUT2D eigenvalue weighted by atomic mass is 10.1. The Labute approximate surface area is 111 Å². The van der Waals surface area contributed by atoms with Gasteiger partial charge in [0.25, 0.3) is 0 Å². The summed E-state index contributed by atoms with van der Waals surface area (Å²) in [6.07, 6.45) is 2.30. The number of rotatable bonds is 6. The first-order chi connectivity index (χ1) is 8.77. The van der Waals surface area contributed by atoms with Gasteiger partial charge >= 0.3 is 0 Å². The molecule has 0 aromatic carbocycles. The van der Waals surface area contributed by atoms with E-state index in [-0.39, 0.29) is 10.8 Å². The summed E-state index contributed by atoms with van der Waals surface area (Å²) in [5.74, 6) is -0.689. The van der Waals surface area contributed by atoms with Crippen molar-refractivity contribution >= 4 is 21.9 Å². The Bertz CT molecular complexity index is 541. The van der Waals surface area contributed by atoms with Crippen molar-refractivity contribution in [3.63, 3.8) is 0 Å². The van der Waals surface area contributed by atoms with Crippen LogP contribution in [0.25, 0.3) is 0 Å². The van der Waals surface area contributed by atoms with Crippen LogP contribution in [-0.2, 0) is 14.8 Å². The second-order valence-electron chi connectivity index (χ2n) is 4.24. The minimum atomic E-state index is -3.88. The summed E-state index contributed by atoms with van der Waals surface area (Å²) in [6.45, 7) is 3.39. The highest BCUT2D eigenvalue weighted by Crippen LogP contribution is 2.10. The van der Waals surface area contributed by atoms with E-state index in [2.05, 4.69) is 20.0 Å². The van der Waals surface area contributed by atoms with Crippen molar-refractivity contribution in [2.75, 3.05) is 12.4 Å². The van der Waals surface area contributed by atoms with Crippen LogP contribution in [0, 0.1) is 5.92 Å². The SMILES string of the molecule is CNc1ncc(S(=O)(=O)NC(C(N)=O)C(C)C)cn1. The minimum absolute atomic E-state index is 0.126. The smallest absolute Gasteiger partial charge is 0.244 e. The Morgan fingerprint density at radius 1 is 1.32 bits per heavy atom. The van der Waals surface area contributed by atoms with Crippen LogP contribution in [-0.4, -0.2) is 37.4 Å². The first-order valence-electron chi connectivity index (χ1n) is 5.59. The summed E-state index contributed by atoms with van der Waals surface area (Å²) in [7, 11) is -2.26. The molecule has 8 nitrogen and oxygen atoms in total. The maximum Gasteiger partial charge on any atom is 0.244 e. The highest BCUT2D eigenvalue weighted by Gasteiger charge is 2.26. The summed E-state index contributed by atoms with van der Waals surface area (Å²) in [5.41, 5.74) is 5.16. The Morgan fingerprint density at radius 2 is 1.84 bits per heavy atom. The van der Waals surface area contributed by atoms with Crippen LogP contribution in [0.3, 0.4) is 0 Å². The number of anilines is 1. The van der Waals surface area contributed by atoms with Crippen molar-refractivity contribution in [2.45, 2.75) is 24.8 Å². The lowest BCUT2D eigenvalue weighted by Gasteiger charge is -2.18. The van der Waals surface area contributed by atoms with Gasteiger partial charge in [0.1, 0.15) is 10.9 Å². The molecule has 0 radical (unpaired) electrons. The van der Waals surface area contributed by atoms with Crippen LogP contribution in [0.2, 0.25) is 0 Å². The second-order valence-corrected chi connectivity index (χ2v) is 5.95. The molecular formula is C10H17N5O3S.